The summed E-state index contributed by atoms with van der Waals surface area (Å²) in [7, 11) is 0. The molecule has 6 nitrogen and oxygen atoms in total. The third-order valence-electron chi connectivity index (χ3n) is 2.81. The molecule has 0 saturated heterocycles. The lowest BCUT2D eigenvalue weighted by atomic mass is 10.3. The third-order valence-corrected chi connectivity index (χ3v) is 2.81. The Balaban J connectivity index is 1.97. The van der Waals surface area contributed by atoms with E-state index in [1.807, 2.05) is 18.2 Å². The van der Waals surface area contributed by atoms with Gasteiger partial charge in [-0.3, -0.25) is 0 Å². The molecule has 0 aliphatic carbocycles. The minimum absolute atomic E-state index is 0.350. The highest BCUT2D eigenvalue weighted by molar-refractivity contribution is 5.87. The molecule has 0 saturated carbocycles. The molecule has 0 N–H and O–H groups in total. The number of aryl methyl sites for hydroxylation is 2. The Kier molecular flexibility index (Phi) is 2.56. The Bertz CT molecular complexity index is 738. The van der Waals surface area contributed by atoms with Crippen LogP contribution in [0.2, 0.25) is 0 Å². The molecule has 3 aromatic rings. The maximum absolute atomic E-state index is 12.1. The Morgan fingerprint density at radius 2 is 2.11 bits per heavy atom. The highest BCUT2D eigenvalue weighted by atomic mass is 16.6. The lowest BCUT2D eigenvalue weighted by molar-refractivity contribution is 0.202. The van der Waals surface area contributed by atoms with Crippen LogP contribution in [0, 0.1) is 13.8 Å². The summed E-state index contributed by atoms with van der Waals surface area (Å²) in [5, 5.41) is 3.74. The molecular formula is C13H11N3O3. The van der Waals surface area contributed by atoms with E-state index in [1.54, 1.807) is 19.9 Å². The zero-order valence-corrected chi connectivity index (χ0v) is 10.5. The summed E-state index contributed by atoms with van der Waals surface area (Å²) in [4.78, 5) is 16.3. The maximum Gasteiger partial charge on any atom is 0.425 e. The summed E-state index contributed by atoms with van der Waals surface area (Å²) in [6, 6.07) is 7.33. The Morgan fingerprint density at radius 1 is 1.32 bits per heavy atom. The molecule has 0 radical (unpaired) electrons. The fourth-order valence-electron chi connectivity index (χ4n) is 1.86. The molecule has 2 aromatic heterocycles. The predicted octanol–water partition coefficient (Wildman–Crippen LogP) is 2.69. The van der Waals surface area contributed by atoms with E-state index in [0.29, 0.717) is 22.7 Å². The van der Waals surface area contributed by atoms with E-state index < -0.39 is 6.09 Å². The number of benzene rings is 1. The van der Waals surface area contributed by atoms with E-state index in [2.05, 4.69) is 10.1 Å². The fraction of sp³-hybridized carbons (Fsp3) is 0.154. The number of imidazole rings is 1. The van der Waals surface area contributed by atoms with Crippen molar-refractivity contribution in [3.05, 3.63) is 42.0 Å². The molecule has 0 amide bonds. The van der Waals surface area contributed by atoms with Gasteiger partial charge in [0.25, 0.3) is 0 Å². The lowest BCUT2D eigenvalue weighted by Crippen LogP contribution is -2.16. The highest BCUT2D eigenvalue weighted by Crippen LogP contribution is 2.23. The second-order valence-corrected chi connectivity index (χ2v) is 4.12. The van der Waals surface area contributed by atoms with Crippen LogP contribution in [0.25, 0.3) is 11.0 Å². The summed E-state index contributed by atoms with van der Waals surface area (Å²) in [6.45, 7) is 3.40. The van der Waals surface area contributed by atoms with E-state index in [-0.39, 0.29) is 0 Å². The van der Waals surface area contributed by atoms with Crippen molar-refractivity contribution in [1.82, 2.24) is 14.7 Å². The number of rotatable bonds is 1. The number of hydrogen-bond acceptors (Lipinski definition) is 5. The zero-order chi connectivity index (χ0) is 13.4. The molecule has 2 heterocycles. The molecule has 3 rings (SSSR count). The van der Waals surface area contributed by atoms with Crippen molar-refractivity contribution >= 4 is 17.1 Å². The van der Waals surface area contributed by atoms with Crippen molar-refractivity contribution in [2.75, 3.05) is 0 Å². The van der Waals surface area contributed by atoms with Gasteiger partial charge >= 0.3 is 6.09 Å². The quantitative estimate of drug-likeness (QED) is 0.670. The normalized spacial score (nSPS) is 10.8. The molecule has 0 atom stereocenters. The van der Waals surface area contributed by atoms with Gasteiger partial charge in [-0.05, 0) is 19.1 Å². The van der Waals surface area contributed by atoms with Crippen LogP contribution in [0.3, 0.4) is 0 Å². The van der Waals surface area contributed by atoms with Crippen molar-refractivity contribution in [2.45, 2.75) is 13.8 Å². The molecule has 6 heteroatoms. The molecule has 0 aliphatic rings. The summed E-state index contributed by atoms with van der Waals surface area (Å²) in [6.07, 6.45) is 0.897. The van der Waals surface area contributed by atoms with Gasteiger partial charge in [-0.15, -0.1) is 0 Å². The third kappa shape index (κ3) is 1.87. The minimum atomic E-state index is -0.539. The van der Waals surface area contributed by atoms with Gasteiger partial charge in [-0.1, -0.05) is 17.3 Å². The SMILES string of the molecule is Cc1noc(C)c1OC(=O)n1cnc2ccccc21. The first-order valence-corrected chi connectivity index (χ1v) is 5.74. The second-order valence-electron chi connectivity index (χ2n) is 4.12. The number of hydrogen-bond donors (Lipinski definition) is 0. The largest absolute Gasteiger partial charge is 0.425 e. The van der Waals surface area contributed by atoms with Crippen LogP contribution < -0.4 is 4.74 Å². The Hall–Kier alpha value is -2.63. The van der Waals surface area contributed by atoms with Gasteiger partial charge in [-0.2, -0.15) is 0 Å². The van der Waals surface area contributed by atoms with Crippen LogP contribution in [0.15, 0.2) is 35.1 Å². The summed E-state index contributed by atoms with van der Waals surface area (Å²) < 4.78 is 11.6. The van der Waals surface area contributed by atoms with Gasteiger partial charge in [0.2, 0.25) is 0 Å². The number of para-hydroxylation sites is 2. The first kappa shape index (κ1) is 11.5. The van der Waals surface area contributed by atoms with E-state index >= 15 is 0 Å². The van der Waals surface area contributed by atoms with Crippen LogP contribution in [0.4, 0.5) is 4.79 Å². The van der Waals surface area contributed by atoms with Crippen molar-refractivity contribution in [3.63, 3.8) is 0 Å². The molecule has 0 unspecified atom stereocenters. The summed E-state index contributed by atoms with van der Waals surface area (Å²) >= 11 is 0. The number of nitrogens with zero attached hydrogens (tertiary/aromatic N) is 3. The number of carbonyl (C=O) groups is 1. The second kappa shape index (κ2) is 4.24. The molecule has 0 aliphatic heterocycles. The van der Waals surface area contributed by atoms with Crippen molar-refractivity contribution < 1.29 is 14.1 Å². The fourth-order valence-corrected chi connectivity index (χ4v) is 1.86. The van der Waals surface area contributed by atoms with Crippen molar-refractivity contribution in [3.8, 4) is 5.75 Å². The average molecular weight is 257 g/mol. The smallest absolute Gasteiger partial charge is 0.404 e. The standard InChI is InChI=1S/C13H11N3O3/c1-8-12(9(2)19-15-8)18-13(17)16-7-14-10-5-3-4-6-11(10)16/h3-7H,1-2H3. The molecule has 19 heavy (non-hydrogen) atoms. The Morgan fingerprint density at radius 3 is 2.84 bits per heavy atom. The monoisotopic (exact) mass is 257 g/mol. The number of aromatic nitrogens is 3. The molecule has 96 valence electrons. The van der Waals surface area contributed by atoms with Crippen molar-refractivity contribution in [2.24, 2.45) is 0 Å². The molecule has 0 fully saturated rings. The number of ether oxygens (including phenoxy) is 1. The molecular weight excluding hydrogens is 246 g/mol. The average Bonchev–Trinajstić information content (AvgIpc) is 2.97. The first-order valence-electron chi connectivity index (χ1n) is 5.74. The van der Waals surface area contributed by atoms with Gasteiger partial charge < -0.3 is 9.26 Å². The minimum Gasteiger partial charge on any atom is -0.404 e. The van der Waals surface area contributed by atoms with Gasteiger partial charge in [0, 0.05) is 6.92 Å². The van der Waals surface area contributed by atoms with Gasteiger partial charge in [-0.25, -0.2) is 14.3 Å². The molecule has 0 bridgehead atoms. The van der Waals surface area contributed by atoms with Crippen molar-refractivity contribution in [1.29, 1.82) is 0 Å². The molecule has 1 aromatic carbocycles. The summed E-state index contributed by atoms with van der Waals surface area (Å²) in [5.41, 5.74) is 1.97. The van der Waals surface area contributed by atoms with Crippen LogP contribution in [-0.4, -0.2) is 20.8 Å². The van der Waals surface area contributed by atoms with Gasteiger partial charge in [0.1, 0.15) is 12.0 Å². The maximum atomic E-state index is 12.1. The first-order chi connectivity index (χ1) is 9.16. The van der Waals surface area contributed by atoms with E-state index in [4.69, 9.17) is 9.26 Å². The number of carbonyl (C=O) groups excluding carboxylic acids is 1. The van der Waals surface area contributed by atoms with Gasteiger partial charge in [0.15, 0.2) is 11.5 Å². The predicted molar refractivity (Wildman–Crippen MR) is 67.1 cm³/mol. The van der Waals surface area contributed by atoms with Crippen LogP contribution in [-0.2, 0) is 0 Å². The van der Waals surface area contributed by atoms with E-state index in [1.165, 1.54) is 10.9 Å². The zero-order valence-electron chi connectivity index (χ0n) is 10.5. The lowest BCUT2D eigenvalue weighted by Gasteiger charge is -2.04. The highest BCUT2D eigenvalue weighted by Gasteiger charge is 2.17. The van der Waals surface area contributed by atoms with Crippen LogP contribution >= 0.6 is 0 Å². The topological polar surface area (TPSA) is 70.2 Å². The van der Waals surface area contributed by atoms with Crippen LogP contribution in [0.1, 0.15) is 11.5 Å². The Labute approximate surface area is 108 Å². The van der Waals surface area contributed by atoms with Crippen LogP contribution in [0.5, 0.6) is 5.75 Å². The van der Waals surface area contributed by atoms with E-state index in [0.717, 1.165) is 5.52 Å². The summed E-state index contributed by atoms with van der Waals surface area (Å²) in [5.74, 6) is 0.818. The van der Waals surface area contributed by atoms with E-state index in [9.17, 15) is 4.79 Å². The molecule has 0 spiro atoms. The number of fused-ring (bicyclic) bond motifs is 1. The van der Waals surface area contributed by atoms with Gasteiger partial charge in [0.05, 0.1) is 11.0 Å².